The number of anilines is 2. The molecule has 0 spiro atoms. The average molecular weight is 488 g/mol. The van der Waals surface area contributed by atoms with Gasteiger partial charge in [-0.15, -0.1) is 0 Å². The van der Waals surface area contributed by atoms with E-state index in [1.165, 1.54) is 12.1 Å². The van der Waals surface area contributed by atoms with Crippen LogP contribution in [0.1, 0.15) is 25.7 Å². The van der Waals surface area contributed by atoms with Gasteiger partial charge < -0.3 is 15.2 Å². The molecule has 2 N–H and O–H groups in total. The minimum atomic E-state index is -0.760. The standard InChI is InChI=1S/C27H26FN5O3/c1-33-26(32-25-10-4-9-23(31-25)17-5-2-7-19(28)13-17)22(16-30-33)24-12-11-21(15-29-24)36-20-8-3-6-18(14-20)27(34)35/h2,4-5,7,9-13,15-16,18,20H,3,6,8,14H2,1H3,(H,31,32)(H,34,35)/t18-,20-/m0/s1. The van der Waals surface area contributed by atoms with E-state index in [-0.39, 0.29) is 17.8 Å². The number of hydrogen-bond donors (Lipinski definition) is 2. The molecule has 1 saturated carbocycles. The number of nitrogens with one attached hydrogen (secondary N) is 1. The van der Waals surface area contributed by atoms with E-state index in [1.54, 1.807) is 23.1 Å². The number of carboxylic acid groups (broad SMARTS) is 1. The van der Waals surface area contributed by atoms with Crippen molar-refractivity contribution in [2.24, 2.45) is 13.0 Å². The Kier molecular flexibility index (Phi) is 6.62. The molecule has 8 nitrogen and oxygen atoms in total. The lowest BCUT2D eigenvalue weighted by molar-refractivity contribution is -0.143. The summed E-state index contributed by atoms with van der Waals surface area (Å²) in [6, 6.07) is 15.5. The van der Waals surface area contributed by atoms with Gasteiger partial charge in [0, 0.05) is 12.6 Å². The number of aromatic nitrogens is 4. The van der Waals surface area contributed by atoms with E-state index in [1.807, 2.05) is 43.4 Å². The minimum absolute atomic E-state index is 0.125. The van der Waals surface area contributed by atoms with Gasteiger partial charge in [-0.1, -0.05) is 18.2 Å². The van der Waals surface area contributed by atoms with Gasteiger partial charge in [-0.2, -0.15) is 5.10 Å². The summed E-state index contributed by atoms with van der Waals surface area (Å²) in [5, 5.41) is 17.0. The molecule has 9 heteroatoms. The Hall–Kier alpha value is -4.27. The number of rotatable bonds is 7. The highest BCUT2D eigenvalue weighted by atomic mass is 19.1. The van der Waals surface area contributed by atoms with Crippen LogP contribution in [-0.4, -0.2) is 36.9 Å². The van der Waals surface area contributed by atoms with E-state index in [4.69, 9.17) is 4.74 Å². The largest absolute Gasteiger partial charge is 0.489 e. The van der Waals surface area contributed by atoms with Crippen molar-refractivity contribution in [3.05, 3.63) is 72.8 Å². The summed E-state index contributed by atoms with van der Waals surface area (Å²) < 4.78 is 21.4. The van der Waals surface area contributed by atoms with E-state index in [0.29, 0.717) is 47.2 Å². The number of halogens is 1. The van der Waals surface area contributed by atoms with Crippen LogP contribution in [0.2, 0.25) is 0 Å². The Balaban J connectivity index is 1.33. The van der Waals surface area contributed by atoms with Crippen LogP contribution < -0.4 is 10.1 Å². The van der Waals surface area contributed by atoms with Crippen LogP contribution in [-0.2, 0) is 11.8 Å². The van der Waals surface area contributed by atoms with Gasteiger partial charge in [-0.25, -0.2) is 9.37 Å². The normalized spacial score (nSPS) is 17.5. The molecule has 0 radical (unpaired) electrons. The van der Waals surface area contributed by atoms with Crippen LogP contribution in [0.5, 0.6) is 5.75 Å². The summed E-state index contributed by atoms with van der Waals surface area (Å²) in [5.41, 5.74) is 2.82. The Labute approximate surface area is 207 Å². The first-order valence-electron chi connectivity index (χ1n) is 11.8. The number of hydrogen-bond acceptors (Lipinski definition) is 6. The maximum Gasteiger partial charge on any atom is 0.306 e. The summed E-state index contributed by atoms with van der Waals surface area (Å²) >= 11 is 0. The molecule has 0 amide bonds. The van der Waals surface area contributed by atoms with Gasteiger partial charge >= 0.3 is 5.97 Å². The molecule has 3 aromatic heterocycles. The Bertz CT molecular complexity index is 1370. The van der Waals surface area contributed by atoms with Crippen molar-refractivity contribution in [3.8, 4) is 28.3 Å². The van der Waals surface area contributed by atoms with Gasteiger partial charge in [-0.05, 0) is 62.1 Å². The molecule has 5 rings (SSSR count). The Morgan fingerprint density at radius 2 is 1.97 bits per heavy atom. The number of carbonyl (C=O) groups is 1. The van der Waals surface area contributed by atoms with Crippen LogP contribution in [0.15, 0.2) is 67.0 Å². The molecule has 3 heterocycles. The molecular formula is C27H26FN5O3. The second-order valence-corrected chi connectivity index (χ2v) is 8.89. The van der Waals surface area contributed by atoms with Crippen LogP contribution in [0.3, 0.4) is 0 Å². The summed E-state index contributed by atoms with van der Waals surface area (Å²) in [5.74, 6) is 0.476. The molecule has 1 aliphatic carbocycles. The number of nitrogens with zero attached hydrogens (tertiary/aromatic N) is 4. The van der Waals surface area contributed by atoms with Crippen molar-refractivity contribution in [1.29, 1.82) is 0 Å². The molecule has 1 aliphatic rings. The summed E-state index contributed by atoms with van der Waals surface area (Å²) in [6.45, 7) is 0. The molecular weight excluding hydrogens is 461 g/mol. The number of benzene rings is 1. The fourth-order valence-electron chi connectivity index (χ4n) is 4.49. The average Bonchev–Trinajstić information content (AvgIpc) is 3.24. The second kappa shape index (κ2) is 10.2. The van der Waals surface area contributed by atoms with Crippen LogP contribution >= 0.6 is 0 Å². The van der Waals surface area contributed by atoms with E-state index in [0.717, 1.165) is 18.4 Å². The van der Waals surface area contributed by atoms with Gasteiger partial charge in [0.25, 0.3) is 0 Å². The molecule has 1 fully saturated rings. The predicted octanol–water partition coefficient (Wildman–Crippen LogP) is 5.45. The van der Waals surface area contributed by atoms with E-state index in [2.05, 4.69) is 20.4 Å². The highest BCUT2D eigenvalue weighted by Crippen LogP contribution is 2.31. The second-order valence-electron chi connectivity index (χ2n) is 8.89. The molecule has 0 saturated heterocycles. The predicted molar refractivity (Wildman–Crippen MR) is 133 cm³/mol. The first kappa shape index (κ1) is 23.5. The van der Waals surface area contributed by atoms with Gasteiger partial charge in [0.2, 0.25) is 0 Å². The molecule has 2 atom stereocenters. The van der Waals surface area contributed by atoms with E-state index >= 15 is 0 Å². The number of aryl methyl sites for hydroxylation is 1. The van der Waals surface area contributed by atoms with Crippen LogP contribution in [0, 0.1) is 11.7 Å². The summed E-state index contributed by atoms with van der Waals surface area (Å²) in [6.07, 6.45) is 6.13. The zero-order valence-corrected chi connectivity index (χ0v) is 19.8. The van der Waals surface area contributed by atoms with Gasteiger partial charge in [-0.3, -0.25) is 14.5 Å². The van der Waals surface area contributed by atoms with Crippen molar-refractivity contribution in [2.75, 3.05) is 5.32 Å². The van der Waals surface area contributed by atoms with Crippen molar-refractivity contribution >= 4 is 17.6 Å². The first-order chi connectivity index (χ1) is 17.5. The third-order valence-corrected chi connectivity index (χ3v) is 6.35. The summed E-state index contributed by atoms with van der Waals surface area (Å²) in [4.78, 5) is 20.5. The molecule has 1 aromatic carbocycles. The fraction of sp³-hybridized carbons (Fsp3) is 0.259. The van der Waals surface area contributed by atoms with Crippen LogP contribution in [0.25, 0.3) is 22.5 Å². The topological polar surface area (TPSA) is 102 Å². The fourth-order valence-corrected chi connectivity index (χ4v) is 4.49. The molecule has 0 bridgehead atoms. The SMILES string of the molecule is Cn1ncc(-c2ccc(O[C@H]3CCC[C@H](C(=O)O)C3)cn2)c1Nc1cccc(-c2cccc(F)c2)n1. The number of pyridine rings is 2. The zero-order valence-electron chi connectivity index (χ0n) is 19.8. The monoisotopic (exact) mass is 487 g/mol. The molecule has 36 heavy (non-hydrogen) atoms. The van der Waals surface area contributed by atoms with Crippen LogP contribution in [0.4, 0.5) is 16.0 Å². The van der Waals surface area contributed by atoms with E-state index < -0.39 is 5.97 Å². The lowest BCUT2D eigenvalue weighted by Crippen LogP contribution is -2.29. The van der Waals surface area contributed by atoms with Gasteiger partial charge in [0.15, 0.2) is 0 Å². The zero-order chi connectivity index (χ0) is 25.1. The Morgan fingerprint density at radius 1 is 1.11 bits per heavy atom. The quantitative estimate of drug-likeness (QED) is 0.357. The highest BCUT2D eigenvalue weighted by molar-refractivity contribution is 5.76. The molecule has 0 unspecified atom stereocenters. The van der Waals surface area contributed by atoms with Gasteiger partial charge in [0.1, 0.15) is 23.2 Å². The maximum absolute atomic E-state index is 13.7. The lowest BCUT2D eigenvalue weighted by atomic mass is 9.87. The third kappa shape index (κ3) is 5.19. The summed E-state index contributed by atoms with van der Waals surface area (Å²) in [7, 11) is 1.82. The van der Waals surface area contributed by atoms with Crippen molar-refractivity contribution in [1.82, 2.24) is 19.7 Å². The number of aliphatic carboxylic acids is 1. The maximum atomic E-state index is 13.7. The smallest absolute Gasteiger partial charge is 0.306 e. The third-order valence-electron chi connectivity index (χ3n) is 6.35. The number of carboxylic acids is 1. The molecule has 4 aromatic rings. The van der Waals surface area contributed by atoms with E-state index in [9.17, 15) is 14.3 Å². The Morgan fingerprint density at radius 3 is 2.75 bits per heavy atom. The van der Waals surface area contributed by atoms with Crippen molar-refractivity contribution < 1.29 is 19.0 Å². The minimum Gasteiger partial charge on any atom is -0.489 e. The highest BCUT2D eigenvalue weighted by Gasteiger charge is 2.28. The van der Waals surface area contributed by atoms with Crippen molar-refractivity contribution in [2.45, 2.75) is 31.8 Å². The molecule has 0 aliphatic heterocycles. The molecule has 184 valence electrons. The first-order valence-corrected chi connectivity index (χ1v) is 11.8. The van der Waals surface area contributed by atoms with Crippen molar-refractivity contribution in [3.63, 3.8) is 0 Å². The lowest BCUT2D eigenvalue weighted by Gasteiger charge is -2.27. The van der Waals surface area contributed by atoms with Gasteiger partial charge in [0.05, 0.1) is 41.4 Å². The number of ether oxygens (including phenoxy) is 1.